The Balaban J connectivity index is 1.65. The van der Waals surface area contributed by atoms with Gasteiger partial charge in [-0.3, -0.25) is 9.69 Å². The normalized spacial score (nSPS) is 22.4. The first-order valence-electron chi connectivity index (χ1n) is 9.36. The van der Waals surface area contributed by atoms with E-state index in [0.717, 1.165) is 45.0 Å². The van der Waals surface area contributed by atoms with Gasteiger partial charge in [0.1, 0.15) is 5.82 Å². The summed E-state index contributed by atoms with van der Waals surface area (Å²) in [4.78, 5) is 24.2. The smallest absolute Gasteiger partial charge is 0.255 e. The Bertz CT molecular complexity index is 551. The predicted molar refractivity (Wildman–Crippen MR) is 97.5 cm³/mol. The minimum Gasteiger partial charge on any atom is -0.357 e. The summed E-state index contributed by atoms with van der Waals surface area (Å²) in [6.07, 6.45) is 5.31. The van der Waals surface area contributed by atoms with Crippen molar-refractivity contribution in [1.29, 1.82) is 0 Å². The quantitative estimate of drug-likeness (QED) is 0.851. The second kappa shape index (κ2) is 7.51. The summed E-state index contributed by atoms with van der Waals surface area (Å²) in [5.74, 6) is 1.12. The summed E-state index contributed by atoms with van der Waals surface area (Å²) in [5, 5.41) is 0. The van der Waals surface area contributed by atoms with Crippen LogP contribution >= 0.6 is 0 Å². The molecule has 2 saturated heterocycles. The Labute approximate surface area is 145 Å². The lowest BCUT2D eigenvalue weighted by Gasteiger charge is -2.43. The summed E-state index contributed by atoms with van der Waals surface area (Å²) < 4.78 is 0. The molecule has 2 aliphatic heterocycles. The number of nitrogens with zero attached hydrogens (tertiary/aromatic N) is 4. The molecule has 5 nitrogen and oxygen atoms in total. The number of carbonyl (C=O) groups excluding carboxylic acids is 1. The van der Waals surface area contributed by atoms with Gasteiger partial charge < -0.3 is 9.80 Å². The molecule has 0 bridgehead atoms. The number of amides is 1. The van der Waals surface area contributed by atoms with Crippen LogP contribution in [0.15, 0.2) is 18.3 Å². The molecule has 2 aliphatic rings. The van der Waals surface area contributed by atoms with Crippen LogP contribution in [0.25, 0.3) is 0 Å². The molecule has 1 atom stereocenters. The molecule has 132 valence electrons. The molecular formula is C19H30N4O. The van der Waals surface area contributed by atoms with Crippen LogP contribution in [0.1, 0.15) is 50.4 Å². The molecule has 0 aliphatic carbocycles. The van der Waals surface area contributed by atoms with Crippen LogP contribution in [0, 0.1) is 0 Å². The van der Waals surface area contributed by atoms with E-state index in [1.165, 1.54) is 12.8 Å². The van der Waals surface area contributed by atoms with Gasteiger partial charge in [-0.25, -0.2) is 4.98 Å². The lowest BCUT2D eigenvalue weighted by molar-refractivity contribution is 0.0371. The minimum atomic E-state index is 0.123. The van der Waals surface area contributed by atoms with Gasteiger partial charge in [0.25, 0.3) is 5.91 Å². The highest BCUT2D eigenvalue weighted by Gasteiger charge is 2.30. The molecule has 0 radical (unpaired) electrons. The number of rotatable bonds is 4. The fraction of sp³-hybridized carbons (Fsp3) is 0.684. The Morgan fingerprint density at radius 2 is 1.96 bits per heavy atom. The molecule has 5 heteroatoms. The number of anilines is 1. The Morgan fingerprint density at radius 1 is 1.21 bits per heavy atom. The molecule has 0 saturated carbocycles. The van der Waals surface area contributed by atoms with Gasteiger partial charge in [-0.15, -0.1) is 0 Å². The van der Waals surface area contributed by atoms with Crippen LogP contribution in [0.4, 0.5) is 5.82 Å². The average molecular weight is 330 g/mol. The molecule has 24 heavy (non-hydrogen) atoms. The lowest BCUT2D eigenvalue weighted by Crippen LogP contribution is -2.56. The van der Waals surface area contributed by atoms with Crippen LogP contribution in [0.5, 0.6) is 0 Å². The van der Waals surface area contributed by atoms with Gasteiger partial charge in [-0.1, -0.05) is 6.92 Å². The van der Waals surface area contributed by atoms with E-state index in [4.69, 9.17) is 0 Å². The third-order valence-corrected chi connectivity index (χ3v) is 5.37. The fourth-order valence-corrected chi connectivity index (χ4v) is 3.93. The topological polar surface area (TPSA) is 39.7 Å². The lowest BCUT2D eigenvalue weighted by atomic mass is 10.1. The van der Waals surface area contributed by atoms with Crippen molar-refractivity contribution >= 4 is 11.7 Å². The molecule has 1 amide bonds. The van der Waals surface area contributed by atoms with E-state index < -0.39 is 0 Å². The predicted octanol–water partition coefficient (Wildman–Crippen LogP) is 2.63. The van der Waals surface area contributed by atoms with Crippen LogP contribution in [-0.4, -0.2) is 65.5 Å². The maximum atomic E-state index is 12.8. The van der Waals surface area contributed by atoms with Crippen molar-refractivity contribution in [1.82, 2.24) is 14.8 Å². The zero-order valence-corrected chi connectivity index (χ0v) is 15.2. The summed E-state index contributed by atoms with van der Waals surface area (Å²) >= 11 is 0. The number of piperazine rings is 1. The first kappa shape index (κ1) is 17.2. The van der Waals surface area contributed by atoms with E-state index in [9.17, 15) is 4.79 Å². The van der Waals surface area contributed by atoms with Crippen molar-refractivity contribution in [2.75, 3.05) is 37.6 Å². The highest BCUT2D eigenvalue weighted by atomic mass is 16.2. The van der Waals surface area contributed by atoms with Gasteiger partial charge in [-0.2, -0.15) is 0 Å². The third-order valence-electron chi connectivity index (χ3n) is 5.37. The zero-order valence-electron chi connectivity index (χ0n) is 15.2. The highest BCUT2D eigenvalue weighted by Crippen LogP contribution is 2.20. The molecule has 0 aromatic carbocycles. The van der Waals surface area contributed by atoms with Gasteiger partial charge in [0.2, 0.25) is 0 Å². The second-order valence-electron chi connectivity index (χ2n) is 7.24. The van der Waals surface area contributed by atoms with E-state index in [0.29, 0.717) is 17.6 Å². The number of hydrogen-bond donors (Lipinski definition) is 0. The SMILES string of the molecule is CC[C@H]1CN(C(=O)c2ccc(N3CCCC3)nc2)CCN1C(C)C. The third kappa shape index (κ3) is 3.56. The van der Waals surface area contributed by atoms with Gasteiger partial charge in [0.15, 0.2) is 0 Å². The second-order valence-corrected chi connectivity index (χ2v) is 7.24. The first-order valence-corrected chi connectivity index (χ1v) is 9.36. The molecule has 1 aromatic heterocycles. The molecular weight excluding hydrogens is 300 g/mol. The standard InChI is InChI=1S/C19H30N4O/c1-4-17-14-22(11-12-23(17)15(2)3)19(24)16-7-8-18(20-13-16)21-9-5-6-10-21/h7-8,13,15,17H,4-6,9-12,14H2,1-3H3/t17-/m0/s1. The van der Waals surface area contributed by atoms with Crippen LogP contribution in [0.3, 0.4) is 0 Å². The van der Waals surface area contributed by atoms with Gasteiger partial charge >= 0.3 is 0 Å². The largest absolute Gasteiger partial charge is 0.357 e. The first-order chi connectivity index (χ1) is 11.6. The molecule has 0 spiro atoms. The van der Waals surface area contributed by atoms with Crippen molar-refractivity contribution < 1.29 is 4.79 Å². The molecule has 0 N–H and O–H groups in total. The molecule has 0 unspecified atom stereocenters. The molecule has 3 heterocycles. The number of hydrogen-bond acceptors (Lipinski definition) is 4. The van der Waals surface area contributed by atoms with Gasteiger partial charge in [0.05, 0.1) is 5.56 Å². The Kier molecular flexibility index (Phi) is 5.39. The summed E-state index contributed by atoms with van der Waals surface area (Å²) in [7, 11) is 0. The van der Waals surface area contributed by atoms with Crippen LogP contribution in [-0.2, 0) is 0 Å². The minimum absolute atomic E-state index is 0.123. The fourth-order valence-electron chi connectivity index (χ4n) is 3.93. The molecule has 1 aromatic rings. The van der Waals surface area contributed by atoms with Crippen molar-refractivity contribution in [3.8, 4) is 0 Å². The van der Waals surface area contributed by atoms with Crippen LogP contribution < -0.4 is 4.90 Å². The summed E-state index contributed by atoms with van der Waals surface area (Å²) in [6, 6.07) is 4.94. The average Bonchev–Trinajstić information content (AvgIpc) is 3.15. The van der Waals surface area contributed by atoms with E-state index in [2.05, 4.69) is 35.6 Å². The van der Waals surface area contributed by atoms with Crippen molar-refractivity contribution in [3.63, 3.8) is 0 Å². The molecule has 3 rings (SSSR count). The summed E-state index contributed by atoms with van der Waals surface area (Å²) in [6.45, 7) is 11.4. The highest BCUT2D eigenvalue weighted by molar-refractivity contribution is 5.94. The maximum Gasteiger partial charge on any atom is 0.255 e. The van der Waals surface area contributed by atoms with E-state index >= 15 is 0 Å². The van der Waals surface area contributed by atoms with Crippen molar-refractivity contribution in [2.45, 2.75) is 52.1 Å². The monoisotopic (exact) mass is 330 g/mol. The molecule has 2 fully saturated rings. The number of carbonyl (C=O) groups is 1. The summed E-state index contributed by atoms with van der Waals surface area (Å²) in [5.41, 5.74) is 0.714. The van der Waals surface area contributed by atoms with Crippen molar-refractivity contribution in [2.24, 2.45) is 0 Å². The van der Waals surface area contributed by atoms with Gasteiger partial charge in [-0.05, 0) is 45.2 Å². The van der Waals surface area contributed by atoms with Gasteiger partial charge in [0, 0.05) is 51.0 Å². The Morgan fingerprint density at radius 3 is 2.54 bits per heavy atom. The van der Waals surface area contributed by atoms with Crippen LogP contribution in [0.2, 0.25) is 0 Å². The van der Waals surface area contributed by atoms with E-state index in [1.807, 2.05) is 17.0 Å². The van der Waals surface area contributed by atoms with E-state index in [1.54, 1.807) is 6.20 Å². The van der Waals surface area contributed by atoms with Crippen molar-refractivity contribution in [3.05, 3.63) is 23.9 Å². The number of pyridine rings is 1. The zero-order chi connectivity index (χ0) is 17.1. The van der Waals surface area contributed by atoms with E-state index in [-0.39, 0.29) is 5.91 Å². The number of aromatic nitrogens is 1. The maximum absolute atomic E-state index is 12.8. The Hall–Kier alpha value is -1.62.